The van der Waals surface area contributed by atoms with Crippen molar-refractivity contribution >= 4 is 8.25 Å². The lowest BCUT2D eigenvalue weighted by Gasteiger charge is -1.99. The van der Waals surface area contributed by atoms with Gasteiger partial charge in [0.25, 0.3) is 0 Å². The van der Waals surface area contributed by atoms with E-state index in [4.69, 9.17) is 0 Å². The largest absolute Gasteiger partial charge is 0.696 e. The van der Waals surface area contributed by atoms with E-state index in [-0.39, 0.29) is 0 Å². The topological polar surface area (TPSA) is 35.5 Å². The maximum Gasteiger partial charge on any atom is 0.696 e. The van der Waals surface area contributed by atoms with Gasteiger partial charge in [0, 0.05) is 4.57 Å². The Morgan fingerprint density at radius 2 is 0.944 bits per heavy atom. The van der Waals surface area contributed by atoms with Crippen molar-refractivity contribution in [1.29, 1.82) is 0 Å². The highest BCUT2D eigenvalue weighted by molar-refractivity contribution is 7.33. The molecule has 0 saturated heterocycles. The Morgan fingerprint density at radius 3 is 1.11 bits per heavy atom. The van der Waals surface area contributed by atoms with Crippen molar-refractivity contribution in [2.45, 2.75) is 78.1 Å². The molecule has 0 aromatic rings. The lowest BCUT2D eigenvalue weighted by molar-refractivity contribution is 0.302. The van der Waals surface area contributed by atoms with Gasteiger partial charge in [0.15, 0.2) is 0 Å². The summed E-state index contributed by atoms with van der Waals surface area (Å²) in [6, 6.07) is 0. The summed E-state index contributed by atoms with van der Waals surface area (Å²) in [6.07, 6.45) is 14.4. The predicted molar refractivity (Wildman–Crippen MR) is 79.1 cm³/mol. The van der Waals surface area contributed by atoms with Crippen LogP contribution in [0.25, 0.3) is 0 Å². The summed E-state index contributed by atoms with van der Waals surface area (Å²) in [5, 5.41) is 0. The molecule has 0 atom stereocenters. The van der Waals surface area contributed by atoms with Crippen molar-refractivity contribution in [3.8, 4) is 0 Å². The van der Waals surface area contributed by atoms with Crippen LogP contribution in [0.1, 0.15) is 78.1 Å². The second-order valence-electron chi connectivity index (χ2n) is 4.42. The van der Waals surface area contributed by atoms with Crippen LogP contribution in [-0.4, -0.2) is 14.2 Å². The molecule has 18 heavy (non-hydrogen) atoms. The number of rotatable bonds is 11. The summed E-state index contributed by atoms with van der Waals surface area (Å²) in [5.41, 5.74) is 0. The quantitative estimate of drug-likeness (QED) is 0.351. The van der Waals surface area contributed by atoms with E-state index in [2.05, 4.69) is 22.9 Å². The fourth-order valence-electron chi connectivity index (χ4n) is 1.64. The standard InChI is InChI=1S/C12H26.C2H6O3P/c1-3-5-7-9-11-12-10-8-6-4-2;1-4-6(3)5-2/h3-12H2,1-2H3;1-2H3/q;+1. The van der Waals surface area contributed by atoms with E-state index in [0.29, 0.717) is 0 Å². The van der Waals surface area contributed by atoms with Crippen LogP contribution >= 0.6 is 8.25 Å². The molecule has 110 valence electrons. The van der Waals surface area contributed by atoms with E-state index < -0.39 is 8.25 Å². The molecular weight excluding hydrogens is 247 g/mol. The lowest BCUT2D eigenvalue weighted by Crippen LogP contribution is -1.80. The number of hydrogen-bond donors (Lipinski definition) is 0. The average Bonchev–Trinajstić information content (AvgIpc) is 2.41. The first-order chi connectivity index (χ1) is 8.72. The summed E-state index contributed by atoms with van der Waals surface area (Å²) in [5.74, 6) is 0. The summed E-state index contributed by atoms with van der Waals surface area (Å²) in [6.45, 7) is 4.56. The maximum absolute atomic E-state index is 9.88. The van der Waals surface area contributed by atoms with Crippen LogP contribution in [0.2, 0.25) is 0 Å². The van der Waals surface area contributed by atoms with Gasteiger partial charge in [-0.25, -0.2) is 0 Å². The van der Waals surface area contributed by atoms with Crippen molar-refractivity contribution < 1.29 is 13.6 Å². The third-order valence-corrected chi connectivity index (χ3v) is 3.35. The molecule has 0 heterocycles. The molecule has 0 saturated carbocycles. The fourth-order valence-corrected chi connectivity index (χ4v) is 1.78. The van der Waals surface area contributed by atoms with E-state index in [1.807, 2.05) is 0 Å². The van der Waals surface area contributed by atoms with Crippen LogP contribution in [0.5, 0.6) is 0 Å². The first-order valence-corrected chi connectivity index (χ1v) is 8.37. The average molecular weight is 279 g/mol. The molecule has 0 N–H and O–H groups in total. The molecule has 0 fully saturated rings. The molecule has 0 aliphatic rings. The minimum Gasteiger partial charge on any atom is -0.122 e. The van der Waals surface area contributed by atoms with Crippen molar-refractivity contribution in [2.75, 3.05) is 14.2 Å². The Balaban J connectivity index is 0. The fraction of sp³-hybridized carbons (Fsp3) is 1.00. The Labute approximate surface area is 115 Å². The Hall–Kier alpha value is 0.0200. The van der Waals surface area contributed by atoms with Gasteiger partial charge < -0.3 is 0 Å². The third kappa shape index (κ3) is 21.3. The zero-order valence-electron chi connectivity index (χ0n) is 12.7. The second-order valence-corrected chi connectivity index (χ2v) is 5.59. The predicted octanol–water partition coefficient (Wildman–Crippen LogP) is 5.86. The molecule has 0 rings (SSSR count). The van der Waals surface area contributed by atoms with Gasteiger partial charge >= 0.3 is 8.25 Å². The van der Waals surface area contributed by atoms with Gasteiger partial charge in [0.05, 0.1) is 14.2 Å². The molecule has 0 aliphatic carbocycles. The van der Waals surface area contributed by atoms with Crippen molar-refractivity contribution in [3.63, 3.8) is 0 Å². The SMILES string of the molecule is CCCCCCCCCCCC.CO[P+](=O)OC. The minimum absolute atomic E-state index is 1.32. The monoisotopic (exact) mass is 279 g/mol. The molecule has 3 nitrogen and oxygen atoms in total. The van der Waals surface area contributed by atoms with E-state index in [1.165, 1.54) is 78.4 Å². The normalized spacial score (nSPS) is 9.78. The molecule has 0 amide bonds. The van der Waals surface area contributed by atoms with Crippen LogP contribution in [0.4, 0.5) is 0 Å². The highest BCUT2D eigenvalue weighted by Gasteiger charge is 2.10. The Bertz CT molecular complexity index is 147. The van der Waals surface area contributed by atoms with Gasteiger partial charge in [0.2, 0.25) is 0 Å². The molecule has 0 bridgehead atoms. The summed E-state index contributed by atoms with van der Waals surface area (Å²) in [4.78, 5) is 0. The van der Waals surface area contributed by atoms with Gasteiger partial charge in [0.1, 0.15) is 0 Å². The molecule has 0 radical (unpaired) electrons. The molecule has 0 aromatic heterocycles. The second kappa shape index (κ2) is 19.4. The highest BCUT2D eigenvalue weighted by atomic mass is 31.1. The van der Waals surface area contributed by atoms with Gasteiger partial charge in [-0.15, -0.1) is 9.05 Å². The van der Waals surface area contributed by atoms with Crippen molar-refractivity contribution in [2.24, 2.45) is 0 Å². The lowest BCUT2D eigenvalue weighted by atomic mass is 10.1. The minimum atomic E-state index is -1.83. The van der Waals surface area contributed by atoms with Crippen LogP contribution < -0.4 is 0 Å². The molecule has 0 unspecified atom stereocenters. The molecule has 0 spiro atoms. The molecule has 0 aliphatic heterocycles. The van der Waals surface area contributed by atoms with Gasteiger partial charge in [-0.3, -0.25) is 0 Å². The van der Waals surface area contributed by atoms with E-state index in [1.54, 1.807) is 0 Å². The first-order valence-electron chi connectivity index (χ1n) is 7.28. The van der Waals surface area contributed by atoms with Gasteiger partial charge in [-0.2, -0.15) is 0 Å². The van der Waals surface area contributed by atoms with E-state index in [0.717, 1.165) is 0 Å². The third-order valence-electron chi connectivity index (χ3n) is 2.76. The number of hydrogen-bond acceptors (Lipinski definition) is 3. The zero-order chi connectivity index (χ0) is 14.1. The Kier molecular flexibility index (Phi) is 21.9. The zero-order valence-corrected chi connectivity index (χ0v) is 13.6. The van der Waals surface area contributed by atoms with Crippen molar-refractivity contribution in [3.05, 3.63) is 0 Å². The maximum atomic E-state index is 9.88. The van der Waals surface area contributed by atoms with Crippen LogP contribution in [0, 0.1) is 0 Å². The highest BCUT2D eigenvalue weighted by Crippen LogP contribution is 2.18. The van der Waals surface area contributed by atoms with Crippen molar-refractivity contribution in [1.82, 2.24) is 0 Å². The van der Waals surface area contributed by atoms with Gasteiger partial charge in [-0.1, -0.05) is 78.1 Å². The summed E-state index contributed by atoms with van der Waals surface area (Å²) in [7, 11) is 0.817. The Morgan fingerprint density at radius 1 is 0.667 bits per heavy atom. The molecular formula is C14H32O3P+. The van der Waals surface area contributed by atoms with Crippen LogP contribution in [-0.2, 0) is 13.6 Å². The first kappa shape index (κ1) is 20.3. The summed E-state index contributed by atoms with van der Waals surface area (Å²) < 4.78 is 18.3. The van der Waals surface area contributed by atoms with Crippen LogP contribution in [0.3, 0.4) is 0 Å². The molecule has 0 aromatic carbocycles. The smallest absolute Gasteiger partial charge is 0.122 e. The van der Waals surface area contributed by atoms with Crippen LogP contribution in [0.15, 0.2) is 0 Å². The van der Waals surface area contributed by atoms with Gasteiger partial charge in [-0.05, 0) is 0 Å². The molecule has 4 heteroatoms. The van der Waals surface area contributed by atoms with E-state index in [9.17, 15) is 4.57 Å². The summed E-state index contributed by atoms with van der Waals surface area (Å²) >= 11 is 0. The van der Waals surface area contributed by atoms with E-state index >= 15 is 0 Å². The number of unbranched alkanes of at least 4 members (excludes halogenated alkanes) is 9.